The fourth-order valence-corrected chi connectivity index (χ4v) is 4.51. The third kappa shape index (κ3) is 2.36. The zero-order chi connectivity index (χ0) is 17.2. The van der Waals surface area contributed by atoms with Gasteiger partial charge in [0, 0.05) is 16.9 Å². The summed E-state index contributed by atoms with van der Waals surface area (Å²) in [5.74, 6) is 0.740. The van der Waals surface area contributed by atoms with Gasteiger partial charge in [-0.3, -0.25) is 0 Å². The van der Waals surface area contributed by atoms with E-state index >= 15 is 0 Å². The molecular weight excluding hydrogens is 332 g/mol. The van der Waals surface area contributed by atoms with Crippen molar-refractivity contribution in [2.45, 2.75) is 39.4 Å². The Hall–Kier alpha value is -2.31. The van der Waals surface area contributed by atoms with Crippen LogP contribution in [0.3, 0.4) is 0 Å². The molecule has 1 aliphatic heterocycles. The van der Waals surface area contributed by atoms with Crippen LogP contribution >= 0.6 is 11.3 Å². The summed E-state index contributed by atoms with van der Waals surface area (Å²) in [6, 6.07) is 8.28. The number of fused-ring (bicyclic) bond motifs is 5. The van der Waals surface area contributed by atoms with Crippen LogP contribution in [0.5, 0.6) is 0 Å². The fraction of sp³-hybridized carbons (Fsp3) is 0.316. The first-order chi connectivity index (χ1) is 12.0. The van der Waals surface area contributed by atoms with E-state index in [1.807, 2.05) is 12.1 Å². The van der Waals surface area contributed by atoms with E-state index in [0.29, 0.717) is 6.61 Å². The van der Waals surface area contributed by atoms with E-state index < -0.39 is 0 Å². The van der Waals surface area contributed by atoms with Crippen LogP contribution in [0.2, 0.25) is 0 Å². The van der Waals surface area contributed by atoms with Crippen molar-refractivity contribution in [1.82, 2.24) is 19.6 Å². The molecule has 0 amide bonds. The molecule has 0 unspecified atom stereocenters. The maximum atomic E-state index is 5.96. The van der Waals surface area contributed by atoms with Gasteiger partial charge in [-0.25, -0.2) is 14.5 Å². The first-order valence-electron chi connectivity index (χ1n) is 8.37. The molecule has 0 aliphatic carbocycles. The van der Waals surface area contributed by atoms with Crippen molar-refractivity contribution in [3.63, 3.8) is 0 Å². The number of rotatable bonds is 1. The zero-order valence-corrected chi connectivity index (χ0v) is 15.2. The molecule has 4 heterocycles. The highest BCUT2D eigenvalue weighted by atomic mass is 32.1. The van der Waals surface area contributed by atoms with Crippen molar-refractivity contribution in [2.24, 2.45) is 0 Å². The molecule has 0 bridgehead atoms. The van der Waals surface area contributed by atoms with Gasteiger partial charge in [-0.15, -0.1) is 16.4 Å². The van der Waals surface area contributed by atoms with Gasteiger partial charge in [0.1, 0.15) is 11.2 Å². The molecule has 6 heteroatoms. The average molecular weight is 350 g/mol. The van der Waals surface area contributed by atoms with Gasteiger partial charge in [-0.05, 0) is 32.4 Å². The predicted molar refractivity (Wildman–Crippen MR) is 98.9 cm³/mol. The lowest BCUT2D eigenvalue weighted by Gasteiger charge is -2.30. The second kappa shape index (κ2) is 5.09. The Morgan fingerprint density at radius 3 is 3.00 bits per heavy atom. The molecule has 3 aromatic heterocycles. The monoisotopic (exact) mass is 350 g/mol. The van der Waals surface area contributed by atoms with Crippen molar-refractivity contribution in [2.75, 3.05) is 0 Å². The second-order valence-electron chi connectivity index (χ2n) is 7.23. The van der Waals surface area contributed by atoms with Crippen LogP contribution in [0, 0.1) is 6.92 Å². The summed E-state index contributed by atoms with van der Waals surface area (Å²) < 4.78 is 7.76. The van der Waals surface area contributed by atoms with Crippen molar-refractivity contribution in [1.29, 1.82) is 0 Å². The van der Waals surface area contributed by atoms with E-state index in [-0.39, 0.29) is 5.60 Å². The number of hydrogen-bond donors (Lipinski definition) is 0. The maximum absolute atomic E-state index is 5.96. The Kier molecular flexibility index (Phi) is 3.05. The summed E-state index contributed by atoms with van der Waals surface area (Å²) in [5, 5.41) is 5.79. The number of aromatic nitrogens is 4. The van der Waals surface area contributed by atoms with E-state index in [1.54, 1.807) is 22.2 Å². The average Bonchev–Trinajstić information content (AvgIpc) is 3.14. The summed E-state index contributed by atoms with van der Waals surface area (Å²) in [6.07, 6.45) is 2.63. The molecule has 126 valence electrons. The number of aryl methyl sites for hydroxylation is 1. The van der Waals surface area contributed by atoms with Gasteiger partial charge in [-0.1, -0.05) is 23.8 Å². The Labute approximate surface area is 149 Å². The Morgan fingerprint density at radius 1 is 1.28 bits per heavy atom. The number of hydrogen-bond acceptors (Lipinski definition) is 5. The molecule has 0 atom stereocenters. The molecule has 4 aromatic rings. The third-order valence-electron chi connectivity index (χ3n) is 4.68. The molecule has 0 saturated carbocycles. The number of thiophene rings is 1. The third-order valence-corrected chi connectivity index (χ3v) is 5.80. The Bertz CT molecular complexity index is 1130. The Balaban J connectivity index is 1.77. The highest BCUT2D eigenvalue weighted by molar-refractivity contribution is 7.19. The lowest BCUT2D eigenvalue weighted by molar-refractivity contribution is -0.0379. The summed E-state index contributed by atoms with van der Waals surface area (Å²) in [6.45, 7) is 6.99. The molecule has 5 rings (SSSR count). The Morgan fingerprint density at radius 2 is 2.16 bits per heavy atom. The number of benzene rings is 1. The topological polar surface area (TPSA) is 52.3 Å². The van der Waals surface area contributed by atoms with Gasteiger partial charge in [0.05, 0.1) is 17.6 Å². The SMILES string of the molecule is Cc1cccc(-c2nc3c4c5c(sc4ncn3n2)COC(C)(C)C5)c1. The van der Waals surface area contributed by atoms with E-state index in [9.17, 15) is 0 Å². The molecule has 5 nitrogen and oxygen atoms in total. The van der Waals surface area contributed by atoms with Gasteiger partial charge >= 0.3 is 0 Å². The van der Waals surface area contributed by atoms with Crippen LogP contribution in [-0.2, 0) is 17.8 Å². The normalized spacial score (nSPS) is 16.4. The molecule has 0 radical (unpaired) electrons. The molecule has 0 fully saturated rings. The van der Waals surface area contributed by atoms with E-state index in [2.05, 4.69) is 43.0 Å². The van der Waals surface area contributed by atoms with E-state index in [1.165, 1.54) is 16.0 Å². The molecular formula is C19H18N4OS. The lowest BCUT2D eigenvalue weighted by atomic mass is 9.94. The van der Waals surface area contributed by atoms with Crippen LogP contribution in [0.25, 0.3) is 27.3 Å². The molecule has 0 N–H and O–H groups in total. The van der Waals surface area contributed by atoms with Crippen LogP contribution in [0.15, 0.2) is 30.6 Å². The number of nitrogens with zero attached hydrogens (tertiary/aromatic N) is 4. The molecule has 0 spiro atoms. The molecule has 1 aromatic carbocycles. The van der Waals surface area contributed by atoms with Crippen LogP contribution in [0.1, 0.15) is 29.9 Å². The van der Waals surface area contributed by atoms with Crippen molar-refractivity contribution in [3.8, 4) is 11.4 Å². The molecule has 25 heavy (non-hydrogen) atoms. The van der Waals surface area contributed by atoms with Gasteiger partial charge in [0.2, 0.25) is 0 Å². The molecule has 1 aliphatic rings. The van der Waals surface area contributed by atoms with E-state index in [4.69, 9.17) is 9.72 Å². The summed E-state index contributed by atoms with van der Waals surface area (Å²) >= 11 is 1.71. The van der Waals surface area contributed by atoms with Gasteiger partial charge in [-0.2, -0.15) is 0 Å². The maximum Gasteiger partial charge on any atom is 0.182 e. The number of ether oxygens (including phenoxy) is 1. The second-order valence-corrected chi connectivity index (χ2v) is 8.31. The minimum atomic E-state index is -0.159. The zero-order valence-electron chi connectivity index (χ0n) is 14.4. The molecule has 0 saturated heterocycles. The van der Waals surface area contributed by atoms with Gasteiger partial charge < -0.3 is 4.74 Å². The standard InChI is InChI=1S/C19H18N4OS/c1-11-5-4-6-12(7-11)16-21-17-15-13-8-19(2,3)24-9-14(13)25-18(15)20-10-23(17)22-16/h4-7,10H,8-9H2,1-3H3. The minimum Gasteiger partial charge on any atom is -0.370 e. The van der Waals surface area contributed by atoms with Crippen LogP contribution < -0.4 is 0 Å². The smallest absolute Gasteiger partial charge is 0.182 e. The first kappa shape index (κ1) is 15.0. The highest BCUT2D eigenvalue weighted by Crippen LogP contribution is 2.39. The summed E-state index contributed by atoms with van der Waals surface area (Å²) in [7, 11) is 0. The summed E-state index contributed by atoms with van der Waals surface area (Å²) in [5.41, 5.74) is 4.28. The van der Waals surface area contributed by atoms with Crippen molar-refractivity contribution in [3.05, 3.63) is 46.6 Å². The van der Waals surface area contributed by atoms with Crippen LogP contribution in [-0.4, -0.2) is 25.2 Å². The van der Waals surface area contributed by atoms with Crippen molar-refractivity contribution < 1.29 is 4.74 Å². The lowest BCUT2D eigenvalue weighted by Crippen LogP contribution is -2.31. The predicted octanol–water partition coefficient (Wildman–Crippen LogP) is 4.17. The van der Waals surface area contributed by atoms with Gasteiger partial charge in [0.15, 0.2) is 11.5 Å². The summed E-state index contributed by atoms with van der Waals surface area (Å²) in [4.78, 5) is 11.7. The first-order valence-corrected chi connectivity index (χ1v) is 9.18. The van der Waals surface area contributed by atoms with E-state index in [0.717, 1.165) is 33.7 Å². The van der Waals surface area contributed by atoms with Gasteiger partial charge in [0.25, 0.3) is 0 Å². The fourth-order valence-electron chi connectivity index (χ4n) is 3.45. The highest BCUT2D eigenvalue weighted by Gasteiger charge is 2.30. The largest absolute Gasteiger partial charge is 0.370 e. The minimum absolute atomic E-state index is 0.159. The van der Waals surface area contributed by atoms with Crippen molar-refractivity contribution >= 4 is 27.2 Å². The quantitative estimate of drug-likeness (QED) is 0.517. The van der Waals surface area contributed by atoms with Crippen LogP contribution in [0.4, 0.5) is 0 Å².